The molecule has 1 aromatic heterocycles. The van der Waals surface area contributed by atoms with Crippen molar-refractivity contribution in [1.29, 1.82) is 0 Å². The van der Waals surface area contributed by atoms with E-state index < -0.39 is 0 Å². The number of amides is 2. The van der Waals surface area contributed by atoms with Crippen LogP contribution in [0.25, 0.3) is 11.3 Å². The molecule has 28 heavy (non-hydrogen) atoms. The number of hydrogen-bond acceptors (Lipinski definition) is 5. The zero-order valence-electron chi connectivity index (χ0n) is 16.2. The number of piperidine rings is 1. The van der Waals surface area contributed by atoms with Crippen LogP contribution in [0.15, 0.2) is 30.5 Å². The first-order valence-corrected chi connectivity index (χ1v) is 9.66. The molecule has 3 heterocycles. The van der Waals surface area contributed by atoms with E-state index in [0.717, 1.165) is 35.2 Å². The molecule has 2 fully saturated rings. The van der Waals surface area contributed by atoms with Crippen LogP contribution >= 0.6 is 0 Å². The summed E-state index contributed by atoms with van der Waals surface area (Å²) in [6.07, 6.45) is 3.10. The molecule has 2 aliphatic heterocycles. The normalized spacial score (nSPS) is 17.7. The minimum atomic E-state index is -0.227. The number of carbonyl (C=O) groups excluding carboxylic acids is 2. The number of nitrogens with zero attached hydrogens (tertiary/aromatic N) is 4. The Morgan fingerprint density at radius 2 is 1.82 bits per heavy atom. The number of carbonyl (C=O) groups is 2. The fourth-order valence-corrected chi connectivity index (χ4v) is 3.88. The van der Waals surface area contributed by atoms with Crippen LogP contribution in [0.2, 0.25) is 0 Å². The van der Waals surface area contributed by atoms with Gasteiger partial charge in [0.15, 0.2) is 0 Å². The third-order valence-corrected chi connectivity index (χ3v) is 5.75. The quantitative estimate of drug-likeness (QED) is 0.818. The van der Waals surface area contributed by atoms with Crippen LogP contribution < -0.4 is 0 Å². The highest BCUT2D eigenvalue weighted by atomic mass is 16.6. The molecule has 7 nitrogen and oxygen atoms in total. The Kier molecular flexibility index (Phi) is 4.98. The molecule has 4 rings (SSSR count). The largest absolute Gasteiger partial charge is 0.448 e. The first kappa shape index (κ1) is 18.4. The van der Waals surface area contributed by atoms with Crippen LogP contribution in [0.4, 0.5) is 4.79 Å². The van der Waals surface area contributed by atoms with E-state index in [4.69, 9.17) is 4.74 Å². The number of aryl methyl sites for hydroxylation is 1. The van der Waals surface area contributed by atoms with Crippen LogP contribution in [-0.2, 0) is 4.74 Å². The number of benzene rings is 1. The van der Waals surface area contributed by atoms with Crippen molar-refractivity contribution >= 4 is 12.0 Å². The van der Waals surface area contributed by atoms with Gasteiger partial charge in [0.2, 0.25) is 0 Å². The van der Waals surface area contributed by atoms with Gasteiger partial charge in [-0.25, -0.2) is 4.79 Å². The predicted molar refractivity (Wildman–Crippen MR) is 104 cm³/mol. The Bertz CT molecular complexity index is 889. The fraction of sp³-hybridized carbons (Fsp3) is 0.429. The van der Waals surface area contributed by atoms with Gasteiger partial charge in [0, 0.05) is 30.3 Å². The molecule has 2 saturated heterocycles. The van der Waals surface area contributed by atoms with Gasteiger partial charge in [-0.15, -0.1) is 0 Å². The topological polar surface area (TPSA) is 75.6 Å². The van der Waals surface area contributed by atoms with E-state index in [1.54, 1.807) is 11.1 Å². The van der Waals surface area contributed by atoms with E-state index in [1.807, 2.05) is 43.0 Å². The lowest BCUT2D eigenvalue weighted by molar-refractivity contribution is 0.0658. The molecule has 0 radical (unpaired) electrons. The lowest BCUT2D eigenvalue weighted by Crippen LogP contribution is -2.47. The van der Waals surface area contributed by atoms with E-state index in [-0.39, 0.29) is 18.0 Å². The summed E-state index contributed by atoms with van der Waals surface area (Å²) in [5.41, 5.74) is 4.65. The van der Waals surface area contributed by atoms with Gasteiger partial charge in [-0.05, 0) is 49.9 Å². The van der Waals surface area contributed by atoms with E-state index in [9.17, 15) is 9.59 Å². The van der Waals surface area contributed by atoms with Crippen molar-refractivity contribution in [2.45, 2.75) is 32.7 Å². The van der Waals surface area contributed by atoms with Crippen LogP contribution in [0.5, 0.6) is 0 Å². The molecule has 2 aliphatic rings. The van der Waals surface area contributed by atoms with Crippen molar-refractivity contribution in [3.8, 4) is 11.3 Å². The minimum Gasteiger partial charge on any atom is -0.448 e. The van der Waals surface area contributed by atoms with Crippen molar-refractivity contribution in [2.24, 2.45) is 0 Å². The highest BCUT2D eigenvalue weighted by Crippen LogP contribution is 2.24. The Morgan fingerprint density at radius 1 is 1.11 bits per heavy atom. The highest BCUT2D eigenvalue weighted by Gasteiger charge is 2.33. The molecule has 0 N–H and O–H groups in total. The summed E-state index contributed by atoms with van der Waals surface area (Å²) in [6, 6.07) is 7.73. The van der Waals surface area contributed by atoms with Crippen molar-refractivity contribution < 1.29 is 14.3 Å². The third-order valence-electron chi connectivity index (χ3n) is 5.75. The summed E-state index contributed by atoms with van der Waals surface area (Å²) in [5, 5.41) is 8.27. The second kappa shape index (κ2) is 7.58. The van der Waals surface area contributed by atoms with E-state index >= 15 is 0 Å². The van der Waals surface area contributed by atoms with Gasteiger partial charge in [0.25, 0.3) is 5.91 Å². The van der Waals surface area contributed by atoms with Gasteiger partial charge >= 0.3 is 6.09 Å². The standard InChI is InChI=1S/C21H24N4O3/c1-14-13-22-23-19(15(14)2)16-3-5-17(6-4-16)20(26)24-9-7-18(8-10-24)25-11-12-28-21(25)27/h3-6,13,18H,7-12H2,1-2H3. The Labute approximate surface area is 164 Å². The molecular weight excluding hydrogens is 356 g/mol. The molecule has 146 valence electrons. The maximum atomic E-state index is 12.9. The van der Waals surface area contributed by atoms with E-state index in [0.29, 0.717) is 31.8 Å². The molecule has 7 heteroatoms. The van der Waals surface area contributed by atoms with E-state index in [2.05, 4.69) is 10.2 Å². The molecule has 2 aromatic rings. The fourth-order valence-electron chi connectivity index (χ4n) is 3.88. The summed E-state index contributed by atoms with van der Waals surface area (Å²) in [4.78, 5) is 28.2. The number of cyclic esters (lactones) is 1. The number of aromatic nitrogens is 2. The third kappa shape index (κ3) is 3.44. The molecular formula is C21H24N4O3. The second-order valence-corrected chi connectivity index (χ2v) is 7.41. The molecule has 0 atom stereocenters. The maximum absolute atomic E-state index is 12.9. The van der Waals surface area contributed by atoms with Crippen LogP contribution in [0.1, 0.15) is 34.3 Å². The zero-order chi connectivity index (χ0) is 19.7. The van der Waals surface area contributed by atoms with Crippen molar-refractivity contribution in [2.75, 3.05) is 26.2 Å². The van der Waals surface area contributed by atoms with Gasteiger partial charge in [-0.3, -0.25) is 4.79 Å². The smallest absolute Gasteiger partial charge is 0.410 e. The van der Waals surface area contributed by atoms with Gasteiger partial charge < -0.3 is 14.5 Å². The van der Waals surface area contributed by atoms with Crippen molar-refractivity contribution in [3.63, 3.8) is 0 Å². The molecule has 0 saturated carbocycles. The lowest BCUT2D eigenvalue weighted by atomic mass is 10.0. The summed E-state index contributed by atoms with van der Waals surface area (Å²) in [6.45, 7) is 6.46. The number of rotatable bonds is 3. The summed E-state index contributed by atoms with van der Waals surface area (Å²) in [5.74, 6) is 0.0287. The number of ether oxygens (including phenoxy) is 1. The zero-order valence-corrected chi connectivity index (χ0v) is 16.2. The van der Waals surface area contributed by atoms with Gasteiger partial charge in [0.05, 0.1) is 18.4 Å². The Hall–Kier alpha value is -2.96. The first-order valence-electron chi connectivity index (χ1n) is 9.66. The van der Waals surface area contributed by atoms with Crippen LogP contribution in [0.3, 0.4) is 0 Å². The summed E-state index contributed by atoms with van der Waals surface area (Å²) in [7, 11) is 0. The maximum Gasteiger partial charge on any atom is 0.410 e. The van der Waals surface area contributed by atoms with Gasteiger partial charge in [0.1, 0.15) is 6.61 Å². The van der Waals surface area contributed by atoms with Crippen molar-refractivity contribution in [1.82, 2.24) is 20.0 Å². The molecule has 1 aromatic carbocycles. The molecule has 0 spiro atoms. The lowest BCUT2D eigenvalue weighted by Gasteiger charge is -2.35. The number of hydrogen-bond donors (Lipinski definition) is 0. The second-order valence-electron chi connectivity index (χ2n) is 7.41. The van der Waals surface area contributed by atoms with Gasteiger partial charge in [-0.1, -0.05) is 12.1 Å². The highest BCUT2D eigenvalue weighted by molar-refractivity contribution is 5.94. The van der Waals surface area contributed by atoms with Crippen LogP contribution in [-0.4, -0.2) is 64.3 Å². The van der Waals surface area contributed by atoms with E-state index in [1.165, 1.54) is 0 Å². The Morgan fingerprint density at radius 3 is 2.46 bits per heavy atom. The monoisotopic (exact) mass is 380 g/mol. The summed E-state index contributed by atoms with van der Waals surface area (Å²) < 4.78 is 5.02. The Balaban J connectivity index is 1.42. The average Bonchev–Trinajstić information content (AvgIpc) is 3.16. The minimum absolute atomic E-state index is 0.0287. The molecule has 0 bridgehead atoms. The SMILES string of the molecule is Cc1cnnc(-c2ccc(C(=O)N3CCC(N4CCOC4=O)CC3)cc2)c1C. The predicted octanol–water partition coefficient (Wildman–Crippen LogP) is 2.82. The number of likely N-dealkylation sites (tertiary alicyclic amines) is 1. The summed E-state index contributed by atoms with van der Waals surface area (Å²) >= 11 is 0. The molecule has 0 aliphatic carbocycles. The molecule has 0 unspecified atom stereocenters. The van der Waals surface area contributed by atoms with Crippen molar-refractivity contribution in [3.05, 3.63) is 47.2 Å². The molecule has 2 amide bonds. The average molecular weight is 380 g/mol. The first-order chi connectivity index (χ1) is 13.5. The van der Waals surface area contributed by atoms with Crippen LogP contribution in [0, 0.1) is 13.8 Å². The van der Waals surface area contributed by atoms with Gasteiger partial charge in [-0.2, -0.15) is 10.2 Å².